The molecule has 1 fully saturated rings. The van der Waals surface area contributed by atoms with Gasteiger partial charge in [-0.2, -0.15) is 0 Å². The molecule has 0 atom stereocenters. The molecule has 122 valence electrons. The summed E-state index contributed by atoms with van der Waals surface area (Å²) in [5.74, 6) is 1.94. The lowest BCUT2D eigenvalue weighted by atomic mass is 10.2. The summed E-state index contributed by atoms with van der Waals surface area (Å²) >= 11 is 0. The Morgan fingerprint density at radius 1 is 1.23 bits per heavy atom. The number of ether oxygens (including phenoxy) is 1. The quantitative estimate of drug-likeness (QED) is 0.852. The molecule has 0 unspecified atom stereocenters. The standard InChI is InChI=1S/C15H25N5O2/c1-11-17-12(16)10-13(18-11)19-6-5-7-20(9-8-19)14(21)22-15(2,3)4/h10H,5-9H2,1-4H3,(H2,16,17,18). The summed E-state index contributed by atoms with van der Waals surface area (Å²) in [5, 5.41) is 0. The van der Waals surface area contributed by atoms with Crippen LogP contribution in [0.3, 0.4) is 0 Å². The smallest absolute Gasteiger partial charge is 0.410 e. The van der Waals surface area contributed by atoms with Crippen molar-refractivity contribution in [3.63, 3.8) is 0 Å². The van der Waals surface area contributed by atoms with E-state index in [9.17, 15) is 4.79 Å². The van der Waals surface area contributed by atoms with E-state index in [1.54, 1.807) is 11.0 Å². The molecule has 1 aliphatic rings. The van der Waals surface area contributed by atoms with E-state index in [1.807, 2.05) is 27.7 Å². The summed E-state index contributed by atoms with van der Waals surface area (Å²) in [6.45, 7) is 10.3. The number of carbonyl (C=O) groups is 1. The summed E-state index contributed by atoms with van der Waals surface area (Å²) in [6, 6.07) is 1.77. The second-order valence-electron chi connectivity index (χ2n) is 6.51. The lowest BCUT2D eigenvalue weighted by molar-refractivity contribution is 0.0263. The van der Waals surface area contributed by atoms with Crippen LogP contribution >= 0.6 is 0 Å². The summed E-state index contributed by atoms with van der Waals surface area (Å²) in [7, 11) is 0. The number of nitrogens with zero attached hydrogens (tertiary/aromatic N) is 4. The molecule has 0 aromatic carbocycles. The first-order valence-corrected chi connectivity index (χ1v) is 7.58. The van der Waals surface area contributed by atoms with Gasteiger partial charge in [-0.15, -0.1) is 0 Å². The third-order valence-corrected chi connectivity index (χ3v) is 3.32. The molecule has 2 rings (SSSR count). The maximum Gasteiger partial charge on any atom is 0.410 e. The Kier molecular flexibility index (Phi) is 4.73. The van der Waals surface area contributed by atoms with Crippen LogP contribution in [0.1, 0.15) is 33.0 Å². The minimum absolute atomic E-state index is 0.257. The number of hydrogen-bond acceptors (Lipinski definition) is 6. The Balaban J connectivity index is 2.02. The molecule has 2 heterocycles. The Labute approximate surface area is 131 Å². The van der Waals surface area contributed by atoms with Crippen LogP contribution in [-0.4, -0.2) is 52.7 Å². The molecule has 0 spiro atoms. The number of nitrogen functional groups attached to an aromatic ring is 1. The predicted molar refractivity (Wildman–Crippen MR) is 85.8 cm³/mol. The van der Waals surface area contributed by atoms with Gasteiger partial charge in [-0.25, -0.2) is 14.8 Å². The number of hydrogen-bond donors (Lipinski definition) is 1. The Morgan fingerprint density at radius 3 is 2.59 bits per heavy atom. The molecule has 1 aromatic rings. The van der Waals surface area contributed by atoms with Crippen molar-refractivity contribution in [1.82, 2.24) is 14.9 Å². The third-order valence-electron chi connectivity index (χ3n) is 3.32. The summed E-state index contributed by atoms with van der Waals surface area (Å²) < 4.78 is 5.43. The van der Waals surface area contributed by atoms with Gasteiger partial charge in [-0.05, 0) is 34.1 Å². The number of aryl methyl sites for hydroxylation is 1. The van der Waals surface area contributed by atoms with Gasteiger partial charge < -0.3 is 20.3 Å². The van der Waals surface area contributed by atoms with Gasteiger partial charge in [0.15, 0.2) is 0 Å². The topological polar surface area (TPSA) is 84.6 Å². The fraction of sp³-hybridized carbons (Fsp3) is 0.667. The average molecular weight is 307 g/mol. The van der Waals surface area contributed by atoms with Crippen molar-refractivity contribution in [1.29, 1.82) is 0 Å². The lowest BCUT2D eigenvalue weighted by Gasteiger charge is -2.26. The van der Waals surface area contributed by atoms with E-state index < -0.39 is 5.60 Å². The van der Waals surface area contributed by atoms with E-state index in [1.165, 1.54) is 0 Å². The maximum absolute atomic E-state index is 12.2. The monoisotopic (exact) mass is 307 g/mol. The van der Waals surface area contributed by atoms with E-state index in [0.717, 1.165) is 18.8 Å². The molecule has 1 aliphatic heterocycles. The molecule has 2 N–H and O–H groups in total. The molecule has 1 saturated heterocycles. The zero-order valence-corrected chi connectivity index (χ0v) is 13.8. The number of rotatable bonds is 1. The number of amides is 1. The van der Waals surface area contributed by atoms with Crippen LogP contribution < -0.4 is 10.6 Å². The first-order chi connectivity index (χ1) is 10.2. The molecule has 7 nitrogen and oxygen atoms in total. The molecule has 1 aromatic heterocycles. The predicted octanol–water partition coefficient (Wildman–Crippen LogP) is 1.81. The highest BCUT2D eigenvalue weighted by molar-refractivity contribution is 5.68. The minimum Gasteiger partial charge on any atom is -0.444 e. The average Bonchev–Trinajstić information content (AvgIpc) is 2.61. The molecule has 1 amide bonds. The zero-order valence-electron chi connectivity index (χ0n) is 13.8. The summed E-state index contributed by atoms with van der Waals surface area (Å²) in [4.78, 5) is 24.6. The molecule has 22 heavy (non-hydrogen) atoms. The van der Waals surface area contributed by atoms with E-state index >= 15 is 0 Å². The maximum atomic E-state index is 12.2. The van der Waals surface area contributed by atoms with Gasteiger partial charge in [0, 0.05) is 32.2 Å². The van der Waals surface area contributed by atoms with Crippen molar-refractivity contribution in [2.24, 2.45) is 0 Å². The van der Waals surface area contributed by atoms with Crippen LogP contribution in [0.25, 0.3) is 0 Å². The van der Waals surface area contributed by atoms with E-state index in [0.29, 0.717) is 31.3 Å². The molecular weight excluding hydrogens is 282 g/mol. The highest BCUT2D eigenvalue weighted by atomic mass is 16.6. The SMILES string of the molecule is Cc1nc(N)cc(N2CCCN(C(=O)OC(C)(C)C)CC2)n1. The van der Waals surface area contributed by atoms with Crippen LogP contribution in [0.2, 0.25) is 0 Å². The van der Waals surface area contributed by atoms with Crippen LogP contribution in [0.4, 0.5) is 16.4 Å². The van der Waals surface area contributed by atoms with Gasteiger partial charge in [0.05, 0.1) is 0 Å². The lowest BCUT2D eigenvalue weighted by Crippen LogP contribution is -2.39. The number of aromatic nitrogens is 2. The fourth-order valence-electron chi connectivity index (χ4n) is 2.39. The molecule has 7 heteroatoms. The highest BCUT2D eigenvalue weighted by Crippen LogP contribution is 2.17. The largest absolute Gasteiger partial charge is 0.444 e. The van der Waals surface area contributed by atoms with Gasteiger partial charge in [-0.3, -0.25) is 0 Å². The van der Waals surface area contributed by atoms with Gasteiger partial charge in [0.2, 0.25) is 0 Å². The minimum atomic E-state index is -0.471. The Bertz CT molecular complexity index is 521. The molecule has 0 saturated carbocycles. The van der Waals surface area contributed by atoms with Crippen molar-refractivity contribution in [2.45, 2.75) is 39.7 Å². The van der Waals surface area contributed by atoms with Gasteiger partial charge in [0.25, 0.3) is 0 Å². The van der Waals surface area contributed by atoms with Gasteiger partial charge >= 0.3 is 6.09 Å². The molecule has 0 radical (unpaired) electrons. The fourth-order valence-corrected chi connectivity index (χ4v) is 2.39. The normalized spacial score (nSPS) is 16.4. The number of nitrogens with two attached hydrogens (primary N) is 1. The van der Waals surface area contributed by atoms with Gasteiger partial charge in [0.1, 0.15) is 23.1 Å². The molecule has 0 bridgehead atoms. The van der Waals surface area contributed by atoms with E-state index in [4.69, 9.17) is 10.5 Å². The second kappa shape index (κ2) is 6.37. The highest BCUT2D eigenvalue weighted by Gasteiger charge is 2.24. The first-order valence-electron chi connectivity index (χ1n) is 7.58. The Hall–Kier alpha value is -2.05. The number of anilines is 2. The van der Waals surface area contributed by atoms with E-state index in [-0.39, 0.29) is 6.09 Å². The van der Waals surface area contributed by atoms with Gasteiger partial charge in [-0.1, -0.05) is 0 Å². The summed E-state index contributed by atoms with van der Waals surface area (Å²) in [5.41, 5.74) is 5.32. The third kappa shape index (κ3) is 4.47. The zero-order chi connectivity index (χ0) is 16.3. The van der Waals surface area contributed by atoms with Crippen LogP contribution in [0.5, 0.6) is 0 Å². The van der Waals surface area contributed by atoms with Crippen molar-refractivity contribution < 1.29 is 9.53 Å². The summed E-state index contributed by atoms with van der Waals surface area (Å²) in [6.07, 6.45) is 0.607. The van der Waals surface area contributed by atoms with Crippen LogP contribution in [0.15, 0.2) is 6.07 Å². The molecule has 0 aliphatic carbocycles. The van der Waals surface area contributed by atoms with Crippen molar-refractivity contribution in [3.05, 3.63) is 11.9 Å². The van der Waals surface area contributed by atoms with Crippen LogP contribution in [-0.2, 0) is 4.74 Å². The van der Waals surface area contributed by atoms with Crippen LogP contribution in [0, 0.1) is 6.92 Å². The van der Waals surface area contributed by atoms with Crippen molar-refractivity contribution in [2.75, 3.05) is 36.8 Å². The van der Waals surface area contributed by atoms with Crippen molar-refractivity contribution >= 4 is 17.7 Å². The number of carbonyl (C=O) groups excluding carboxylic acids is 1. The Morgan fingerprint density at radius 2 is 1.95 bits per heavy atom. The van der Waals surface area contributed by atoms with E-state index in [2.05, 4.69) is 14.9 Å². The molecular formula is C15H25N5O2. The van der Waals surface area contributed by atoms with Crippen molar-refractivity contribution in [3.8, 4) is 0 Å². The first kappa shape index (κ1) is 16.3. The second-order valence-corrected chi connectivity index (χ2v) is 6.51.